The summed E-state index contributed by atoms with van der Waals surface area (Å²) in [5.74, 6) is 0.824. The molecule has 0 saturated carbocycles. The highest BCUT2D eigenvalue weighted by atomic mass is 127. The molecule has 0 atom stereocenters. The van der Waals surface area contributed by atoms with Gasteiger partial charge in [0.15, 0.2) is 5.82 Å². The van der Waals surface area contributed by atoms with E-state index < -0.39 is 8.07 Å². The molecule has 0 bridgehead atoms. The molecule has 3 aromatic heterocycles. The summed E-state index contributed by atoms with van der Waals surface area (Å²) in [6, 6.07) is 13.0. The highest BCUT2D eigenvalue weighted by Gasteiger charge is 2.17. The van der Waals surface area contributed by atoms with Gasteiger partial charge in [-0.05, 0) is 71.0 Å². The van der Waals surface area contributed by atoms with Gasteiger partial charge in [-0.3, -0.25) is 9.67 Å². The van der Waals surface area contributed by atoms with Gasteiger partial charge in [-0.1, -0.05) is 43.4 Å². The summed E-state index contributed by atoms with van der Waals surface area (Å²) >= 11 is 8.28. The lowest BCUT2D eigenvalue weighted by Crippen LogP contribution is -2.22. The summed E-state index contributed by atoms with van der Waals surface area (Å²) < 4.78 is 11.0. The van der Waals surface area contributed by atoms with Crippen molar-refractivity contribution < 1.29 is 4.74 Å². The third-order valence-electron chi connectivity index (χ3n) is 5.59. The van der Waals surface area contributed by atoms with Crippen molar-refractivity contribution in [2.75, 3.05) is 6.61 Å². The van der Waals surface area contributed by atoms with Gasteiger partial charge in [-0.15, -0.1) is 0 Å². The molecule has 0 saturated heterocycles. The Morgan fingerprint density at radius 3 is 2.59 bits per heavy atom. The molecule has 0 aliphatic rings. The maximum absolute atomic E-state index is 6.04. The zero-order valence-electron chi connectivity index (χ0n) is 19.9. The van der Waals surface area contributed by atoms with Gasteiger partial charge in [0.25, 0.3) is 0 Å². The van der Waals surface area contributed by atoms with Crippen LogP contribution in [-0.2, 0) is 18.0 Å². The van der Waals surface area contributed by atoms with Crippen molar-refractivity contribution in [3.63, 3.8) is 0 Å². The van der Waals surface area contributed by atoms with Crippen LogP contribution < -0.4 is 0 Å². The maximum Gasteiger partial charge on any atom is 0.162 e. The third kappa shape index (κ3) is 6.35. The highest BCUT2D eigenvalue weighted by Crippen LogP contribution is 2.27. The van der Waals surface area contributed by atoms with Crippen molar-refractivity contribution in [2.45, 2.75) is 45.9 Å². The SMILES string of the molecule is Cc1c(I)nc(-c2cc(-c3cnn(Cc4ccc(Cl)cc4)c3)ccn2)n1COCC[Si](C)(C)C. The van der Waals surface area contributed by atoms with Crippen molar-refractivity contribution in [2.24, 2.45) is 0 Å². The highest BCUT2D eigenvalue weighted by molar-refractivity contribution is 14.1. The molecule has 0 spiro atoms. The lowest BCUT2D eigenvalue weighted by molar-refractivity contribution is 0.0869. The van der Waals surface area contributed by atoms with E-state index in [9.17, 15) is 0 Å². The van der Waals surface area contributed by atoms with Gasteiger partial charge in [0.2, 0.25) is 0 Å². The van der Waals surface area contributed by atoms with Gasteiger partial charge in [0, 0.05) is 37.7 Å². The van der Waals surface area contributed by atoms with E-state index in [0.717, 1.165) is 55.3 Å². The second kappa shape index (κ2) is 10.7. The van der Waals surface area contributed by atoms with E-state index in [1.807, 2.05) is 47.4 Å². The third-order valence-corrected chi connectivity index (χ3v) is 8.57. The van der Waals surface area contributed by atoms with E-state index in [-0.39, 0.29) is 0 Å². The van der Waals surface area contributed by atoms with Gasteiger partial charge in [0.1, 0.15) is 16.1 Å². The van der Waals surface area contributed by atoms with Crippen LogP contribution in [0, 0.1) is 10.6 Å². The second-order valence-electron chi connectivity index (χ2n) is 9.57. The summed E-state index contributed by atoms with van der Waals surface area (Å²) in [5.41, 5.74) is 5.15. The molecule has 0 aliphatic heterocycles. The smallest absolute Gasteiger partial charge is 0.162 e. The van der Waals surface area contributed by atoms with Crippen LogP contribution in [0.4, 0.5) is 0 Å². The topological polar surface area (TPSA) is 57.8 Å². The first-order chi connectivity index (χ1) is 16.2. The normalized spacial score (nSPS) is 11.8. The molecule has 0 radical (unpaired) electrons. The molecule has 4 rings (SSSR count). The van der Waals surface area contributed by atoms with Gasteiger partial charge in [-0.2, -0.15) is 5.10 Å². The molecular formula is C25H29ClIN5OSi. The summed E-state index contributed by atoms with van der Waals surface area (Å²) in [6.45, 7) is 11.1. The van der Waals surface area contributed by atoms with Crippen LogP contribution in [0.1, 0.15) is 11.3 Å². The first-order valence-electron chi connectivity index (χ1n) is 11.2. The number of ether oxygens (including phenoxy) is 1. The van der Waals surface area contributed by atoms with E-state index in [2.05, 4.69) is 76.1 Å². The number of nitrogens with zero attached hydrogens (tertiary/aromatic N) is 5. The monoisotopic (exact) mass is 605 g/mol. The van der Waals surface area contributed by atoms with E-state index in [1.54, 1.807) is 0 Å². The fraction of sp³-hybridized carbons (Fsp3) is 0.320. The number of rotatable bonds is 9. The number of imidazole rings is 1. The van der Waals surface area contributed by atoms with Crippen molar-refractivity contribution in [3.8, 4) is 22.6 Å². The molecule has 34 heavy (non-hydrogen) atoms. The number of halogens is 2. The summed E-state index contributed by atoms with van der Waals surface area (Å²) in [5, 5.41) is 5.28. The fourth-order valence-electron chi connectivity index (χ4n) is 3.50. The van der Waals surface area contributed by atoms with Crippen LogP contribution in [-0.4, -0.2) is 39.0 Å². The van der Waals surface area contributed by atoms with Crippen LogP contribution in [0.15, 0.2) is 55.0 Å². The van der Waals surface area contributed by atoms with E-state index >= 15 is 0 Å². The Bertz CT molecular complexity index is 1260. The van der Waals surface area contributed by atoms with Gasteiger partial charge >= 0.3 is 0 Å². The quantitative estimate of drug-likeness (QED) is 0.121. The minimum Gasteiger partial charge on any atom is -0.361 e. The van der Waals surface area contributed by atoms with Crippen LogP contribution in [0.2, 0.25) is 30.7 Å². The Morgan fingerprint density at radius 1 is 1.09 bits per heavy atom. The number of benzene rings is 1. The molecule has 1 aromatic carbocycles. The molecule has 0 aliphatic carbocycles. The van der Waals surface area contributed by atoms with E-state index in [4.69, 9.17) is 21.3 Å². The first-order valence-corrected chi connectivity index (χ1v) is 16.4. The summed E-state index contributed by atoms with van der Waals surface area (Å²) in [4.78, 5) is 9.42. The molecule has 6 nitrogen and oxygen atoms in total. The minimum absolute atomic E-state index is 0.479. The minimum atomic E-state index is -1.13. The van der Waals surface area contributed by atoms with Gasteiger partial charge in [0.05, 0.1) is 18.4 Å². The Kier molecular flexibility index (Phi) is 7.91. The van der Waals surface area contributed by atoms with Crippen LogP contribution in [0.3, 0.4) is 0 Å². The predicted molar refractivity (Wildman–Crippen MR) is 149 cm³/mol. The lowest BCUT2D eigenvalue weighted by Gasteiger charge is -2.16. The first kappa shape index (κ1) is 25.1. The number of hydrogen-bond acceptors (Lipinski definition) is 4. The summed E-state index contributed by atoms with van der Waals surface area (Å²) in [7, 11) is -1.13. The van der Waals surface area contributed by atoms with Crippen LogP contribution in [0.25, 0.3) is 22.6 Å². The number of hydrogen-bond donors (Lipinski definition) is 0. The standard InChI is InChI=1S/C25H29ClIN5OSi/c1-18-24(27)30-25(32(18)17-33-11-12-34(2,3)4)23-13-20(9-10-28-23)21-14-29-31(16-21)15-19-5-7-22(26)8-6-19/h5-10,13-14,16H,11-12,15,17H2,1-4H3. The largest absolute Gasteiger partial charge is 0.361 e. The van der Waals surface area contributed by atoms with Gasteiger partial charge in [-0.25, -0.2) is 4.98 Å². The zero-order valence-corrected chi connectivity index (χ0v) is 23.8. The fourth-order valence-corrected chi connectivity index (χ4v) is 4.90. The average Bonchev–Trinajstić information content (AvgIpc) is 3.37. The average molecular weight is 606 g/mol. The van der Waals surface area contributed by atoms with Crippen LogP contribution in [0.5, 0.6) is 0 Å². The van der Waals surface area contributed by atoms with Gasteiger partial charge < -0.3 is 9.30 Å². The molecule has 9 heteroatoms. The zero-order chi connectivity index (χ0) is 24.3. The second-order valence-corrected chi connectivity index (χ2v) is 16.7. The lowest BCUT2D eigenvalue weighted by atomic mass is 10.1. The van der Waals surface area contributed by atoms with E-state index in [0.29, 0.717) is 13.3 Å². The molecule has 0 amide bonds. The molecule has 0 N–H and O–H groups in total. The molecule has 0 fully saturated rings. The van der Waals surface area contributed by atoms with Crippen molar-refractivity contribution in [1.82, 2.24) is 24.3 Å². The predicted octanol–water partition coefficient (Wildman–Crippen LogP) is 6.74. The molecule has 0 unspecified atom stereocenters. The molecule has 3 heterocycles. The van der Waals surface area contributed by atoms with Crippen molar-refractivity contribution >= 4 is 42.3 Å². The molecular weight excluding hydrogens is 577 g/mol. The Labute approximate surface area is 220 Å². The number of pyridine rings is 1. The summed E-state index contributed by atoms with van der Waals surface area (Å²) in [6.07, 6.45) is 5.76. The van der Waals surface area contributed by atoms with E-state index in [1.165, 1.54) is 0 Å². The number of aromatic nitrogens is 5. The molecule has 4 aromatic rings. The Hall–Kier alpha value is -2.01. The van der Waals surface area contributed by atoms with Crippen molar-refractivity contribution in [3.05, 3.63) is 75.0 Å². The molecule has 178 valence electrons. The Balaban J connectivity index is 1.53. The van der Waals surface area contributed by atoms with Crippen molar-refractivity contribution in [1.29, 1.82) is 0 Å². The maximum atomic E-state index is 6.04. The Morgan fingerprint density at radius 2 is 1.85 bits per heavy atom. The van der Waals surface area contributed by atoms with Crippen LogP contribution >= 0.6 is 34.2 Å².